The average molecular weight is 262 g/mol. The topological polar surface area (TPSA) is 64.0 Å². The van der Waals surface area contributed by atoms with E-state index < -0.39 is 16.1 Å². The van der Waals surface area contributed by atoms with Crippen molar-refractivity contribution >= 4 is 21.6 Å². The third-order valence-electron chi connectivity index (χ3n) is 2.00. The van der Waals surface area contributed by atoms with E-state index in [1.54, 1.807) is 6.92 Å². The molecule has 5 nitrogen and oxygen atoms in total. The van der Waals surface area contributed by atoms with Crippen LogP contribution < -0.4 is 4.72 Å². The van der Waals surface area contributed by atoms with Crippen molar-refractivity contribution in [2.75, 3.05) is 0 Å². The summed E-state index contributed by atoms with van der Waals surface area (Å²) in [6.07, 6.45) is 6.96. The molecule has 0 aliphatic heterocycles. The molecule has 1 unspecified atom stereocenters. The second-order valence-electron chi connectivity index (χ2n) is 3.17. The van der Waals surface area contributed by atoms with Gasteiger partial charge in [0.2, 0.25) is 0 Å². The Bertz CT molecular complexity index is 496. The van der Waals surface area contributed by atoms with Crippen molar-refractivity contribution in [2.45, 2.75) is 24.4 Å². The Morgan fingerprint density at radius 2 is 2.38 bits per heavy atom. The summed E-state index contributed by atoms with van der Waals surface area (Å²) in [7, 11) is -2.23. The lowest BCUT2D eigenvalue weighted by Gasteiger charge is -2.11. The average Bonchev–Trinajstić information content (AvgIpc) is 2.55. The summed E-state index contributed by atoms with van der Waals surface area (Å²) in [5, 5.41) is 3.75. The SMILES string of the molecule is C#CC(CC)NS(=O)(=O)c1c(Cl)cnn1C. The van der Waals surface area contributed by atoms with Crippen molar-refractivity contribution < 1.29 is 8.42 Å². The number of rotatable bonds is 4. The molecule has 1 heterocycles. The fourth-order valence-corrected chi connectivity index (χ4v) is 3.08. The predicted octanol–water partition coefficient (Wildman–Crippen LogP) is 0.764. The van der Waals surface area contributed by atoms with Gasteiger partial charge >= 0.3 is 0 Å². The van der Waals surface area contributed by atoms with Crippen molar-refractivity contribution in [3.8, 4) is 12.3 Å². The zero-order valence-corrected chi connectivity index (χ0v) is 10.5. The van der Waals surface area contributed by atoms with E-state index in [4.69, 9.17) is 18.0 Å². The first-order valence-corrected chi connectivity index (χ1v) is 6.44. The van der Waals surface area contributed by atoms with Gasteiger partial charge in [-0.25, -0.2) is 8.42 Å². The number of hydrogen-bond donors (Lipinski definition) is 1. The summed E-state index contributed by atoms with van der Waals surface area (Å²) in [6, 6.07) is -0.545. The number of hydrogen-bond acceptors (Lipinski definition) is 3. The number of nitrogens with zero attached hydrogens (tertiary/aromatic N) is 2. The zero-order valence-electron chi connectivity index (χ0n) is 8.94. The van der Waals surface area contributed by atoms with Crippen molar-refractivity contribution in [2.24, 2.45) is 7.05 Å². The highest BCUT2D eigenvalue weighted by Crippen LogP contribution is 2.19. The molecule has 0 saturated carbocycles. The zero-order chi connectivity index (χ0) is 12.3. The monoisotopic (exact) mass is 261 g/mol. The van der Waals surface area contributed by atoms with Crippen LogP contribution in [0.1, 0.15) is 13.3 Å². The molecular weight excluding hydrogens is 250 g/mol. The molecule has 1 rings (SSSR count). The first kappa shape index (κ1) is 13.0. The Hall–Kier alpha value is -1.03. The van der Waals surface area contributed by atoms with Crippen LogP contribution in [0.3, 0.4) is 0 Å². The fourth-order valence-electron chi connectivity index (χ4n) is 1.18. The normalized spacial score (nSPS) is 13.4. The van der Waals surface area contributed by atoms with E-state index in [0.717, 1.165) is 0 Å². The van der Waals surface area contributed by atoms with Gasteiger partial charge in [-0.2, -0.15) is 9.82 Å². The molecule has 1 atom stereocenters. The van der Waals surface area contributed by atoms with Crippen molar-refractivity contribution in [3.63, 3.8) is 0 Å². The summed E-state index contributed by atoms with van der Waals surface area (Å²) in [4.78, 5) is 0. The predicted molar refractivity (Wildman–Crippen MR) is 61.5 cm³/mol. The molecule has 0 fully saturated rings. The molecule has 0 saturated heterocycles. The van der Waals surface area contributed by atoms with E-state index in [1.807, 2.05) is 0 Å². The maximum absolute atomic E-state index is 11.9. The first-order valence-electron chi connectivity index (χ1n) is 4.58. The van der Waals surface area contributed by atoms with Crippen molar-refractivity contribution in [3.05, 3.63) is 11.2 Å². The third-order valence-corrected chi connectivity index (χ3v) is 3.98. The first-order chi connectivity index (χ1) is 7.42. The molecule has 7 heteroatoms. The minimum atomic E-state index is -3.73. The van der Waals surface area contributed by atoms with Crippen LogP contribution in [0.2, 0.25) is 5.02 Å². The summed E-state index contributed by atoms with van der Waals surface area (Å²) in [5.41, 5.74) is 0. The smallest absolute Gasteiger partial charge is 0.255 e. The summed E-state index contributed by atoms with van der Waals surface area (Å²) < 4.78 is 27.4. The van der Waals surface area contributed by atoms with Gasteiger partial charge in [0.1, 0.15) is 0 Å². The van der Waals surface area contributed by atoms with Crippen LogP contribution in [0.25, 0.3) is 0 Å². The highest BCUT2D eigenvalue weighted by atomic mass is 35.5. The molecule has 0 aliphatic carbocycles. The lowest BCUT2D eigenvalue weighted by molar-refractivity contribution is 0.553. The maximum Gasteiger partial charge on any atom is 0.260 e. The molecule has 0 radical (unpaired) electrons. The van der Waals surface area contributed by atoms with Crippen LogP contribution in [0.15, 0.2) is 11.2 Å². The van der Waals surface area contributed by atoms with Gasteiger partial charge in [0.05, 0.1) is 17.3 Å². The Morgan fingerprint density at radius 3 is 2.75 bits per heavy atom. The van der Waals surface area contributed by atoms with Gasteiger partial charge < -0.3 is 0 Å². The molecule has 1 N–H and O–H groups in total. The van der Waals surface area contributed by atoms with Crippen molar-refractivity contribution in [1.82, 2.24) is 14.5 Å². The van der Waals surface area contributed by atoms with E-state index in [2.05, 4.69) is 15.7 Å². The molecule has 0 aliphatic rings. The van der Waals surface area contributed by atoms with Crippen LogP contribution in [-0.4, -0.2) is 24.2 Å². The van der Waals surface area contributed by atoms with E-state index in [9.17, 15) is 8.42 Å². The van der Waals surface area contributed by atoms with Crippen molar-refractivity contribution in [1.29, 1.82) is 0 Å². The minimum absolute atomic E-state index is 0.0712. The Balaban J connectivity index is 3.09. The Labute approximate surface area is 99.8 Å². The van der Waals surface area contributed by atoms with Gasteiger partial charge in [-0.3, -0.25) is 4.68 Å². The molecule has 16 heavy (non-hydrogen) atoms. The highest BCUT2D eigenvalue weighted by molar-refractivity contribution is 7.89. The number of aryl methyl sites for hydroxylation is 1. The molecule has 0 amide bonds. The second-order valence-corrected chi connectivity index (χ2v) is 5.21. The molecule has 1 aromatic heterocycles. The maximum atomic E-state index is 11.9. The minimum Gasteiger partial charge on any atom is -0.255 e. The summed E-state index contributed by atoms with van der Waals surface area (Å²) in [5.74, 6) is 2.35. The van der Waals surface area contributed by atoms with E-state index in [-0.39, 0.29) is 10.0 Å². The number of nitrogens with one attached hydrogen (secondary N) is 1. The number of aromatic nitrogens is 2. The van der Waals surface area contributed by atoms with Crippen LogP contribution in [0, 0.1) is 12.3 Å². The molecule has 0 spiro atoms. The lowest BCUT2D eigenvalue weighted by atomic mass is 10.3. The van der Waals surface area contributed by atoms with E-state index >= 15 is 0 Å². The quantitative estimate of drug-likeness (QED) is 0.814. The molecule has 1 aromatic rings. The fraction of sp³-hybridized carbons (Fsp3) is 0.444. The van der Waals surface area contributed by atoms with Crippen LogP contribution >= 0.6 is 11.6 Å². The van der Waals surface area contributed by atoms with Crippen LogP contribution in [0.4, 0.5) is 0 Å². The van der Waals surface area contributed by atoms with Gasteiger partial charge in [-0.05, 0) is 6.42 Å². The standard InChI is InChI=1S/C9H12ClN3O2S/c1-4-7(5-2)12-16(14,15)9-8(10)6-11-13(9)3/h1,6-7,12H,5H2,2-3H3. The van der Waals surface area contributed by atoms with Gasteiger partial charge in [0.15, 0.2) is 5.03 Å². The summed E-state index contributed by atoms with van der Waals surface area (Å²) >= 11 is 5.75. The van der Waals surface area contributed by atoms with E-state index in [0.29, 0.717) is 6.42 Å². The number of terminal acetylenes is 1. The van der Waals surface area contributed by atoms with Gasteiger partial charge in [-0.15, -0.1) is 6.42 Å². The Morgan fingerprint density at radius 1 is 1.75 bits per heavy atom. The van der Waals surface area contributed by atoms with Gasteiger partial charge in [-0.1, -0.05) is 24.4 Å². The molecule has 0 bridgehead atoms. The molecule has 0 aromatic carbocycles. The molecular formula is C9H12ClN3O2S. The number of halogens is 1. The Kier molecular flexibility index (Phi) is 3.97. The van der Waals surface area contributed by atoms with E-state index in [1.165, 1.54) is 17.9 Å². The van der Waals surface area contributed by atoms with Gasteiger partial charge in [0.25, 0.3) is 10.0 Å². The largest absolute Gasteiger partial charge is 0.260 e. The lowest BCUT2D eigenvalue weighted by Crippen LogP contribution is -2.34. The third kappa shape index (κ3) is 2.55. The number of sulfonamides is 1. The molecule has 88 valence electrons. The second kappa shape index (κ2) is 4.87. The van der Waals surface area contributed by atoms with Crippen LogP contribution in [0.5, 0.6) is 0 Å². The van der Waals surface area contributed by atoms with Gasteiger partial charge in [0, 0.05) is 7.05 Å². The van der Waals surface area contributed by atoms with Crippen LogP contribution in [-0.2, 0) is 17.1 Å². The highest BCUT2D eigenvalue weighted by Gasteiger charge is 2.24. The summed E-state index contributed by atoms with van der Waals surface area (Å²) in [6.45, 7) is 1.79.